The second kappa shape index (κ2) is 18.4. The quantitative estimate of drug-likeness (QED) is 0.106. The van der Waals surface area contributed by atoms with Gasteiger partial charge in [0.1, 0.15) is 34.9 Å². The molecule has 6 heteroatoms. The van der Waals surface area contributed by atoms with Crippen molar-refractivity contribution in [3.8, 4) is 47.4 Å². The van der Waals surface area contributed by atoms with Gasteiger partial charge in [-0.05, 0) is 132 Å². The molecular weight excluding hydrogens is 739 g/mol. The number of hydrogen-bond donors (Lipinski definition) is 0. The normalized spacial score (nSPS) is 10.0. The van der Waals surface area contributed by atoms with Gasteiger partial charge in [0.25, 0.3) is 0 Å². The van der Waals surface area contributed by atoms with E-state index in [4.69, 9.17) is 0 Å². The van der Waals surface area contributed by atoms with Crippen LogP contribution in [0.1, 0.15) is 89.0 Å². The molecule has 0 aromatic heterocycles. The molecule has 0 amide bonds. The van der Waals surface area contributed by atoms with E-state index in [-0.39, 0.29) is 22.3 Å². The highest BCUT2D eigenvalue weighted by molar-refractivity contribution is 5.55. The number of rotatable bonds is 0. The van der Waals surface area contributed by atoms with Crippen LogP contribution in [0.4, 0.5) is 26.3 Å². The maximum Gasteiger partial charge on any atom is 0.143 e. The molecule has 0 atom stereocenters. The maximum absolute atomic E-state index is 14.5. The molecule has 58 heavy (non-hydrogen) atoms. The number of hydrogen-bond acceptors (Lipinski definition) is 0. The van der Waals surface area contributed by atoms with Crippen LogP contribution in [0, 0.1) is 138 Å². The summed E-state index contributed by atoms with van der Waals surface area (Å²) >= 11 is 0. The Hall–Kier alpha value is -6.86. The summed E-state index contributed by atoms with van der Waals surface area (Å²) in [7, 11) is 0. The lowest BCUT2D eigenvalue weighted by molar-refractivity contribution is 0.575. The van der Waals surface area contributed by atoms with Crippen LogP contribution in [0.3, 0.4) is 0 Å². The van der Waals surface area contributed by atoms with Crippen LogP contribution < -0.4 is 0 Å². The topological polar surface area (TPSA) is 0 Å². The molecule has 0 aliphatic rings. The van der Waals surface area contributed by atoms with E-state index in [1.807, 2.05) is 97.0 Å². The van der Waals surface area contributed by atoms with Gasteiger partial charge in [-0.3, -0.25) is 0 Å². The Kier molecular flexibility index (Phi) is 13.4. The molecule has 0 saturated heterocycles. The second-order valence-electron chi connectivity index (χ2n) is 14.1. The van der Waals surface area contributed by atoms with E-state index in [1.165, 1.54) is 12.1 Å². The van der Waals surface area contributed by atoms with Gasteiger partial charge in [-0.15, -0.1) is 0 Å². The molecule has 0 spiro atoms. The molecule has 0 unspecified atom stereocenters. The summed E-state index contributed by atoms with van der Waals surface area (Å²) in [5.74, 6) is 16.6. The summed E-state index contributed by atoms with van der Waals surface area (Å²) in [6.45, 7) is 15.2. The molecule has 0 fully saturated rings. The predicted molar refractivity (Wildman–Crippen MR) is 220 cm³/mol. The molecule has 288 valence electrons. The zero-order valence-corrected chi connectivity index (χ0v) is 33.4. The Labute approximate surface area is 337 Å². The first kappa shape index (κ1) is 42.3. The van der Waals surface area contributed by atoms with E-state index in [2.05, 4.69) is 47.4 Å². The van der Waals surface area contributed by atoms with Gasteiger partial charge in [0, 0.05) is 27.8 Å². The highest BCUT2D eigenvalue weighted by Gasteiger charge is 2.12. The van der Waals surface area contributed by atoms with Crippen LogP contribution in [0.5, 0.6) is 0 Å². The monoisotopic (exact) mass is 776 g/mol. The van der Waals surface area contributed by atoms with E-state index in [9.17, 15) is 26.3 Å². The molecule has 0 aliphatic heterocycles. The van der Waals surface area contributed by atoms with Crippen LogP contribution in [0.25, 0.3) is 0 Å². The fraction of sp³-hybridized carbons (Fsp3) is 0.154. The molecule has 0 N–H and O–H groups in total. The van der Waals surface area contributed by atoms with Crippen molar-refractivity contribution in [1.82, 2.24) is 0 Å². The summed E-state index contributed by atoms with van der Waals surface area (Å²) in [5, 5.41) is 0. The third-order valence-corrected chi connectivity index (χ3v) is 8.98. The van der Waals surface area contributed by atoms with Crippen LogP contribution in [0.2, 0.25) is 0 Å². The van der Waals surface area contributed by atoms with Gasteiger partial charge in [-0.25, -0.2) is 26.3 Å². The van der Waals surface area contributed by atoms with Crippen LogP contribution in [-0.2, 0) is 0 Å². The fourth-order valence-electron chi connectivity index (χ4n) is 6.27. The zero-order chi connectivity index (χ0) is 42.3. The first-order valence-electron chi connectivity index (χ1n) is 18.2. The van der Waals surface area contributed by atoms with Gasteiger partial charge < -0.3 is 0 Å². The van der Waals surface area contributed by atoms with Gasteiger partial charge in [0.05, 0.1) is 16.7 Å². The van der Waals surface area contributed by atoms with Crippen molar-refractivity contribution in [3.63, 3.8) is 0 Å². The van der Waals surface area contributed by atoms with E-state index < -0.39 is 40.5 Å². The largest absolute Gasteiger partial charge is 0.206 e. The maximum atomic E-state index is 14.5. The first-order valence-corrected chi connectivity index (χ1v) is 18.2. The highest BCUT2D eigenvalue weighted by Crippen LogP contribution is 2.20. The van der Waals surface area contributed by atoms with E-state index >= 15 is 0 Å². The Balaban J connectivity index is 0.000000221. The molecule has 0 heterocycles. The zero-order valence-electron chi connectivity index (χ0n) is 33.4. The third-order valence-electron chi connectivity index (χ3n) is 8.98. The summed E-state index contributed by atoms with van der Waals surface area (Å²) in [6, 6.07) is 22.3. The number of aryl methyl sites for hydroxylation is 8. The molecule has 6 aromatic carbocycles. The molecule has 0 saturated carbocycles. The van der Waals surface area contributed by atoms with Crippen molar-refractivity contribution in [2.24, 2.45) is 0 Å². The van der Waals surface area contributed by atoms with Crippen LogP contribution in [0.15, 0.2) is 84.9 Å². The second-order valence-corrected chi connectivity index (χ2v) is 14.1. The van der Waals surface area contributed by atoms with Gasteiger partial charge in [-0.1, -0.05) is 100 Å². The Morgan fingerprint density at radius 2 is 0.517 bits per heavy atom. The molecule has 0 aliphatic carbocycles. The molecule has 0 nitrogen and oxygen atoms in total. The van der Waals surface area contributed by atoms with E-state index in [1.54, 1.807) is 6.92 Å². The van der Waals surface area contributed by atoms with Crippen molar-refractivity contribution in [1.29, 1.82) is 0 Å². The summed E-state index contributed by atoms with van der Waals surface area (Å²) in [5.41, 5.74) is 9.06. The number of benzene rings is 6. The smallest absolute Gasteiger partial charge is 0.143 e. The summed E-state index contributed by atoms with van der Waals surface area (Å²) < 4.78 is 85.6. The van der Waals surface area contributed by atoms with Gasteiger partial charge in [0.2, 0.25) is 0 Å². The molecule has 6 rings (SSSR count). The van der Waals surface area contributed by atoms with Gasteiger partial charge >= 0.3 is 0 Å². The minimum absolute atomic E-state index is 0.0439. The van der Waals surface area contributed by atoms with Crippen LogP contribution in [-0.4, -0.2) is 0 Å². The third kappa shape index (κ3) is 10.7. The van der Waals surface area contributed by atoms with Gasteiger partial charge in [-0.2, -0.15) is 0 Å². The van der Waals surface area contributed by atoms with Crippen molar-refractivity contribution < 1.29 is 26.3 Å². The number of halogens is 6. The molecular formula is C52H38F6. The fourth-order valence-corrected chi connectivity index (χ4v) is 6.27. The van der Waals surface area contributed by atoms with Crippen molar-refractivity contribution in [2.75, 3.05) is 0 Å². The van der Waals surface area contributed by atoms with E-state index in [0.29, 0.717) is 11.1 Å². The minimum Gasteiger partial charge on any atom is -0.206 e. The molecule has 0 bridgehead atoms. The van der Waals surface area contributed by atoms with Crippen molar-refractivity contribution in [2.45, 2.75) is 55.4 Å². The standard InChI is InChI=1S/C26H18F4.C26H20F2/c1-15-9-17(3)20(18(4)10-15)7-8-22-25(29)13-19(14-26(22)30)5-6-21-23(27)11-16(2)12-24(21)28;1-17-5-7-21(8-6-17)9-10-22-15-25(27)24(26(28)16-22)12-11-23-19(3)13-18(2)14-20(23)4/h9-14H,1-4H3;5-8,13-16H,1-4H3. The predicted octanol–water partition coefficient (Wildman–Crippen LogP) is 12.3. The average Bonchev–Trinajstić information content (AvgIpc) is 3.12. The van der Waals surface area contributed by atoms with Crippen LogP contribution >= 0.6 is 0 Å². The SMILES string of the molecule is Cc1cc(C)c(C#Cc2c(F)cc(C#Cc3c(F)cc(C)cc3F)cc2F)c(C)c1.Cc1ccc(C#Cc2cc(F)c(C#Cc3c(C)cc(C)cc3C)c(F)c2)cc1. The Bertz CT molecular complexity index is 2720. The van der Waals surface area contributed by atoms with Crippen molar-refractivity contribution in [3.05, 3.63) is 209 Å². The van der Waals surface area contributed by atoms with Crippen molar-refractivity contribution >= 4 is 0 Å². The summed E-state index contributed by atoms with van der Waals surface area (Å²) in [6.07, 6.45) is 0. The summed E-state index contributed by atoms with van der Waals surface area (Å²) in [4.78, 5) is 0. The lowest BCUT2D eigenvalue weighted by Gasteiger charge is -2.05. The Morgan fingerprint density at radius 1 is 0.259 bits per heavy atom. The lowest BCUT2D eigenvalue weighted by atomic mass is 10.00. The highest BCUT2D eigenvalue weighted by atomic mass is 19.2. The first-order chi connectivity index (χ1) is 27.5. The van der Waals surface area contributed by atoms with Gasteiger partial charge in [0.15, 0.2) is 0 Å². The van der Waals surface area contributed by atoms with E-state index in [0.717, 1.165) is 74.3 Å². The average molecular weight is 777 g/mol. The molecule has 0 radical (unpaired) electrons. The lowest BCUT2D eigenvalue weighted by Crippen LogP contribution is -1.95. The Morgan fingerprint density at radius 3 is 0.879 bits per heavy atom. The minimum atomic E-state index is -0.890. The molecule has 6 aromatic rings.